The van der Waals surface area contributed by atoms with Crippen LogP contribution in [0.3, 0.4) is 0 Å². The van der Waals surface area contributed by atoms with E-state index in [1.807, 2.05) is 66.7 Å². The predicted octanol–water partition coefficient (Wildman–Crippen LogP) is 4.77. The molecule has 2 nitrogen and oxygen atoms in total. The van der Waals surface area contributed by atoms with Crippen LogP contribution in [0.5, 0.6) is 0 Å². The zero-order chi connectivity index (χ0) is 15.5. The van der Waals surface area contributed by atoms with Crippen LogP contribution in [0.2, 0.25) is 5.02 Å². The van der Waals surface area contributed by atoms with E-state index >= 15 is 0 Å². The predicted molar refractivity (Wildman–Crippen MR) is 90.8 cm³/mol. The lowest BCUT2D eigenvalue weighted by Crippen LogP contribution is -2.14. The van der Waals surface area contributed by atoms with Gasteiger partial charge in [-0.25, -0.2) is 0 Å². The Balaban J connectivity index is 2.26. The molecular weight excluding hydrogens is 294 g/mol. The lowest BCUT2D eigenvalue weighted by Gasteiger charge is -2.13. The summed E-state index contributed by atoms with van der Waals surface area (Å²) >= 11 is 6.07. The molecule has 108 valence electrons. The van der Waals surface area contributed by atoms with Crippen LogP contribution in [0, 0.1) is 0 Å². The highest BCUT2D eigenvalue weighted by Crippen LogP contribution is 2.33. The highest BCUT2D eigenvalue weighted by atomic mass is 35.5. The lowest BCUT2D eigenvalue weighted by molar-refractivity contribution is 0.100. The van der Waals surface area contributed by atoms with Gasteiger partial charge in [-0.2, -0.15) is 0 Å². The van der Waals surface area contributed by atoms with Crippen LogP contribution in [0.25, 0.3) is 22.3 Å². The number of hydrogen-bond donors (Lipinski definition) is 1. The van der Waals surface area contributed by atoms with Crippen molar-refractivity contribution in [3.05, 3.63) is 83.4 Å². The quantitative estimate of drug-likeness (QED) is 0.744. The lowest BCUT2D eigenvalue weighted by atomic mass is 9.91. The molecule has 0 atom stereocenters. The van der Waals surface area contributed by atoms with Crippen LogP contribution in [-0.4, -0.2) is 5.91 Å². The molecule has 22 heavy (non-hydrogen) atoms. The van der Waals surface area contributed by atoms with Gasteiger partial charge in [-0.05, 0) is 34.4 Å². The van der Waals surface area contributed by atoms with E-state index in [1.165, 1.54) is 0 Å². The molecule has 3 rings (SSSR count). The molecule has 1 amide bonds. The average Bonchev–Trinajstić information content (AvgIpc) is 2.55. The average molecular weight is 308 g/mol. The van der Waals surface area contributed by atoms with E-state index in [4.69, 9.17) is 17.3 Å². The standard InChI is InChI=1S/C19H14ClNO/c20-15-9-4-8-14(12-15)17-11-5-10-16(18(17)19(21)22)13-6-2-1-3-7-13/h1-12H,(H2,21,22). The molecule has 0 saturated carbocycles. The summed E-state index contributed by atoms with van der Waals surface area (Å²) in [5, 5.41) is 0.623. The molecule has 3 aromatic carbocycles. The molecule has 0 fully saturated rings. The molecule has 3 aromatic rings. The second-order valence-electron chi connectivity index (χ2n) is 4.97. The van der Waals surface area contributed by atoms with Gasteiger partial charge in [0.25, 0.3) is 0 Å². The van der Waals surface area contributed by atoms with Crippen molar-refractivity contribution in [1.29, 1.82) is 0 Å². The molecule has 0 aliphatic carbocycles. The van der Waals surface area contributed by atoms with Crippen LogP contribution < -0.4 is 5.73 Å². The van der Waals surface area contributed by atoms with Crippen LogP contribution in [0.15, 0.2) is 72.8 Å². The first-order valence-corrected chi connectivity index (χ1v) is 7.29. The smallest absolute Gasteiger partial charge is 0.249 e. The van der Waals surface area contributed by atoms with E-state index in [-0.39, 0.29) is 0 Å². The number of primary amides is 1. The van der Waals surface area contributed by atoms with Gasteiger partial charge in [-0.3, -0.25) is 4.79 Å². The zero-order valence-electron chi connectivity index (χ0n) is 11.8. The first-order chi connectivity index (χ1) is 10.7. The number of hydrogen-bond acceptors (Lipinski definition) is 1. The fraction of sp³-hybridized carbons (Fsp3) is 0. The first-order valence-electron chi connectivity index (χ1n) is 6.91. The van der Waals surface area contributed by atoms with Gasteiger partial charge in [0.1, 0.15) is 0 Å². The molecular formula is C19H14ClNO. The summed E-state index contributed by atoms with van der Waals surface area (Å²) in [4.78, 5) is 12.1. The maximum Gasteiger partial charge on any atom is 0.249 e. The molecule has 2 N–H and O–H groups in total. The second kappa shape index (κ2) is 6.04. The molecule has 0 radical (unpaired) electrons. The Morgan fingerprint density at radius 2 is 1.36 bits per heavy atom. The van der Waals surface area contributed by atoms with Gasteiger partial charge in [0.05, 0.1) is 5.56 Å². The van der Waals surface area contributed by atoms with E-state index in [1.54, 1.807) is 6.07 Å². The van der Waals surface area contributed by atoms with E-state index in [9.17, 15) is 4.79 Å². The maximum atomic E-state index is 12.1. The summed E-state index contributed by atoms with van der Waals surface area (Å²) in [7, 11) is 0. The van der Waals surface area contributed by atoms with Crippen molar-refractivity contribution in [2.75, 3.05) is 0 Å². The van der Waals surface area contributed by atoms with E-state index < -0.39 is 5.91 Å². The van der Waals surface area contributed by atoms with Crippen LogP contribution in [0.1, 0.15) is 10.4 Å². The second-order valence-corrected chi connectivity index (χ2v) is 5.41. The zero-order valence-corrected chi connectivity index (χ0v) is 12.5. The number of carbonyl (C=O) groups is 1. The number of carbonyl (C=O) groups excluding carboxylic acids is 1. The summed E-state index contributed by atoms with van der Waals surface area (Å²) in [5.74, 6) is -0.450. The molecule has 0 saturated heterocycles. The number of benzene rings is 3. The Hall–Kier alpha value is -2.58. The third-order valence-electron chi connectivity index (χ3n) is 3.53. The molecule has 0 aliphatic heterocycles. The fourth-order valence-corrected chi connectivity index (χ4v) is 2.76. The SMILES string of the molecule is NC(=O)c1c(-c2ccccc2)cccc1-c1cccc(Cl)c1. The Kier molecular flexibility index (Phi) is 3.94. The van der Waals surface area contributed by atoms with Crippen LogP contribution in [0.4, 0.5) is 0 Å². The largest absolute Gasteiger partial charge is 0.366 e. The van der Waals surface area contributed by atoms with Crippen molar-refractivity contribution < 1.29 is 4.79 Å². The van der Waals surface area contributed by atoms with E-state index in [0.29, 0.717) is 10.6 Å². The van der Waals surface area contributed by atoms with Crippen LogP contribution >= 0.6 is 11.6 Å². The van der Waals surface area contributed by atoms with Crippen molar-refractivity contribution in [2.24, 2.45) is 5.73 Å². The van der Waals surface area contributed by atoms with Gasteiger partial charge in [0, 0.05) is 5.02 Å². The van der Waals surface area contributed by atoms with Crippen molar-refractivity contribution in [3.63, 3.8) is 0 Å². The third kappa shape index (κ3) is 2.74. The van der Waals surface area contributed by atoms with Crippen molar-refractivity contribution >= 4 is 17.5 Å². The number of nitrogens with two attached hydrogens (primary N) is 1. The monoisotopic (exact) mass is 307 g/mol. The fourth-order valence-electron chi connectivity index (χ4n) is 2.57. The number of rotatable bonds is 3. The minimum Gasteiger partial charge on any atom is -0.366 e. The Morgan fingerprint density at radius 1 is 0.773 bits per heavy atom. The molecule has 3 heteroatoms. The van der Waals surface area contributed by atoms with Gasteiger partial charge in [-0.15, -0.1) is 0 Å². The Morgan fingerprint density at radius 3 is 2.00 bits per heavy atom. The number of amides is 1. The van der Waals surface area contributed by atoms with Gasteiger partial charge in [-0.1, -0.05) is 72.3 Å². The van der Waals surface area contributed by atoms with Crippen molar-refractivity contribution in [2.45, 2.75) is 0 Å². The van der Waals surface area contributed by atoms with Gasteiger partial charge < -0.3 is 5.73 Å². The molecule has 0 unspecified atom stereocenters. The molecule has 0 aromatic heterocycles. The van der Waals surface area contributed by atoms with Gasteiger partial charge >= 0.3 is 0 Å². The normalized spacial score (nSPS) is 10.4. The highest BCUT2D eigenvalue weighted by Gasteiger charge is 2.16. The molecule has 0 aliphatic rings. The molecule has 0 bridgehead atoms. The van der Waals surface area contributed by atoms with Crippen molar-refractivity contribution in [3.8, 4) is 22.3 Å². The van der Waals surface area contributed by atoms with Gasteiger partial charge in [0.2, 0.25) is 5.91 Å². The van der Waals surface area contributed by atoms with Gasteiger partial charge in [0.15, 0.2) is 0 Å². The summed E-state index contributed by atoms with van der Waals surface area (Å²) in [5.41, 5.74) is 9.61. The van der Waals surface area contributed by atoms with Crippen molar-refractivity contribution in [1.82, 2.24) is 0 Å². The minimum absolute atomic E-state index is 0.450. The minimum atomic E-state index is -0.450. The summed E-state index contributed by atoms with van der Waals surface area (Å²) < 4.78 is 0. The Labute approximate surface area is 134 Å². The maximum absolute atomic E-state index is 12.1. The summed E-state index contributed by atoms with van der Waals surface area (Å²) in [6.07, 6.45) is 0. The summed E-state index contributed by atoms with van der Waals surface area (Å²) in [6.45, 7) is 0. The molecule has 0 spiro atoms. The Bertz CT molecular complexity index is 828. The summed E-state index contributed by atoms with van der Waals surface area (Å²) in [6, 6.07) is 22.9. The van der Waals surface area contributed by atoms with Crippen LogP contribution in [-0.2, 0) is 0 Å². The van der Waals surface area contributed by atoms with E-state index in [2.05, 4.69) is 0 Å². The molecule has 0 heterocycles. The highest BCUT2D eigenvalue weighted by molar-refractivity contribution is 6.30. The number of halogens is 1. The van der Waals surface area contributed by atoms with E-state index in [0.717, 1.165) is 22.3 Å². The third-order valence-corrected chi connectivity index (χ3v) is 3.77. The topological polar surface area (TPSA) is 43.1 Å². The first kappa shape index (κ1) is 14.4.